The third-order valence-corrected chi connectivity index (χ3v) is 6.37. The van der Waals surface area contributed by atoms with E-state index >= 15 is 0 Å². The smallest absolute Gasteiger partial charge is 0.253 e. The monoisotopic (exact) mass is 387 g/mol. The maximum atomic E-state index is 12.6. The lowest BCUT2D eigenvalue weighted by atomic mass is 9.80. The average Bonchev–Trinajstić information content (AvgIpc) is 2.73. The second-order valence-electron chi connectivity index (χ2n) is 9.22. The zero-order valence-electron chi connectivity index (χ0n) is 17.7. The van der Waals surface area contributed by atoms with Gasteiger partial charge in [-0.3, -0.25) is 4.79 Å². The molecule has 0 N–H and O–H groups in total. The SMILES string of the molecule is CC(C)(CCOC1CCCCO1)CCC1CCN(C(=O)c2ccccc2)CC1. The summed E-state index contributed by atoms with van der Waals surface area (Å²) in [5.41, 5.74) is 1.11. The Kier molecular flexibility index (Phi) is 7.92. The fourth-order valence-corrected chi connectivity index (χ4v) is 4.22. The first kappa shape index (κ1) is 21.3. The van der Waals surface area contributed by atoms with Crippen molar-refractivity contribution < 1.29 is 14.3 Å². The molecule has 2 heterocycles. The maximum absolute atomic E-state index is 12.6. The molecule has 2 aliphatic heterocycles. The fourth-order valence-electron chi connectivity index (χ4n) is 4.22. The second-order valence-corrected chi connectivity index (χ2v) is 9.22. The van der Waals surface area contributed by atoms with Crippen LogP contribution in [0.1, 0.15) is 75.6 Å². The number of carbonyl (C=O) groups is 1. The van der Waals surface area contributed by atoms with Gasteiger partial charge < -0.3 is 14.4 Å². The fraction of sp³-hybridized carbons (Fsp3) is 0.708. The number of likely N-dealkylation sites (tertiary alicyclic amines) is 1. The van der Waals surface area contributed by atoms with Gasteiger partial charge in [0, 0.05) is 25.3 Å². The lowest BCUT2D eigenvalue weighted by Gasteiger charge is -2.34. The summed E-state index contributed by atoms with van der Waals surface area (Å²) in [6.45, 7) is 8.13. The van der Waals surface area contributed by atoms with Crippen molar-refractivity contribution in [2.45, 2.75) is 71.5 Å². The number of piperidine rings is 1. The molecule has 2 saturated heterocycles. The first-order chi connectivity index (χ1) is 13.5. The van der Waals surface area contributed by atoms with Crippen LogP contribution in [-0.2, 0) is 9.47 Å². The summed E-state index contributed by atoms with van der Waals surface area (Å²) in [6, 6.07) is 9.66. The van der Waals surface area contributed by atoms with E-state index in [2.05, 4.69) is 13.8 Å². The van der Waals surface area contributed by atoms with Gasteiger partial charge in [-0.1, -0.05) is 32.0 Å². The molecule has 1 atom stereocenters. The van der Waals surface area contributed by atoms with Crippen LogP contribution in [0.15, 0.2) is 30.3 Å². The number of benzene rings is 1. The summed E-state index contributed by atoms with van der Waals surface area (Å²) in [5.74, 6) is 0.920. The highest BCUT2D eigenvalue weighted by Crippen LogP contribution is 2.32. The summed E-state index contributed by atoms with van der Waals surface area (Å²) in [6.07, 6.45) is 9.26. The van der Waals surface area contributed by atoms with Crippen LogP contribution in [0.3, 0.4) is 0 Å². The quantitative estimate of drug-likeness (QED) is 0.609. The summed E-state index contributed by atoms with van der Waals surface area (Å²) in [5, 5.41) is 0. The second kappa shape index (κ2) is 10.4. The van der Waals surface area contributed by atoms with Crippen molar-refractivity contribution in [2.75, 3.05) is 26.3 Å². The van der Waals surface area contributed by atoms with Crippen molar-refractivity contribution in [1.82, 2.24) is 4.90 Å². The Morgan fingerprint density at radius 1 is 1.11 bits per heavy atom. The van der Waals surface area contributed by atoms with Crippen LogP contribution in [-0.4, -0.2) is 43.4 Å². The third-order valence-electron chi connectivity index (χ3n) is 6.37. The van der Waals surface area contributed by atoms with E-state index in [1.165, 1.54) is 25.7 Å². The molecule has 0 saturated carbocycles. The number of ether oxygens (including phenoxy) is 2. The van der Waals surface area contributed by atoms with Gasteiger partial charge in [0.05, 0.1) is 6.61 Å². The van der Waals surface area contributed by atoms with E-state index in [9.17, 15) is 4.79 Å². The minimum Gasteiger partial charge on any atom is -0.353 e. The highest BCUT2D eigenvalue weighted by atomic mass is 16.7. The van der Waals surface area contributed by atoms with Crippen molar-refractivity contribution in [2.24, 2.45) is 11.3 Å². The van der Waals surface area contributed by atoms with Gasteiger partial charge in [0.25, 0.3) is 5.91 Å². The lowest BCUT2D eigenvalue weighted by Crippen LogP contribution is -2.38. The Morgan fingerprint density at radius 2 is 1.86 bits per heavy atom. The Hall–Kier alpha value is -1.39. The molecule has 0 bridgehead atoms. The number of nitrogens with zero attached hydrogens (tertiary/aromatic N) is 1. The van der Waals surface area contributed by atoms with E-state index in [4.69, 9.17) is 9.47 Å². The Morgan fingerprint density at radius 3 is 2.54 bits per heavy atom. The molecule has 1 amide bonds. The summed E-state index contributed by atoms with van der Waals surface area (Å²) < 4.78 is 11.6. The van der Waals surface area contributed by atoms with E-state index in [1.54, 1.807) is 0 Å². The predicted octanol–water partition coefficient (Wildman–Crippen LogP) is 5.28. The van der Waals surface area contributed by atoms with Crippen LogP contribution in [0.5, 0.6) is 0 Å². The number of amides is 1. The van der Waals surface area contributed by atoms with Crippen molar-refractivity contribution >= 4 is 5.91 Å². The van der Waals surface area contributed by atoms with Gasteiger partial charge in [0.1, 0.15) is 0 Å². The van der Waals surface area contributed by atoms with Gasteiger partial charge in [-0.05, 0) is 74.8 Å². The zero-order chi connectivity index (χ0) is 19.8. The molecule has 1 unspecified atom stereocenters. The first-order valence-corrected chi connectivity index (χ1v) is 11.1. The lowest BCUT2D eigenvalue weighted by molar-refractivity contribution is -0.165. The van der Waals surface area contributed by atoms with Crippen LogP contribution < -0.4 is 0 Å². The molecule has 0 aliphatic carbocycles. The molecule has 2 fully saturated rings. The molecule has 156 valence electrons. The van der Waals surface area contributed by atoms with Crippen LogP contribution in [0.25, 0.3) is 0 Å². The van der Waals surface area contributed by atoms with Crippen LogP contribution in [0.2, 0.25) is 0 Å². The Bertz CT molecular complexity index is 587. The van der Waals surface area contributed by atoms with E-state index in [0.717, 1.165) is 63.5 Å². The topological polar surface area (TPSA) is 38.8 Å². The molecular formula is C24H37NO3. The Balaban J connectivity index is 1.33. The van der Waals surface area contributed by atoms with E-state index in [1.807, 2.05) is 35.2 Å². The van der Waals surface area contributed by atoms with Gasteiger partial charge in [-0.25, -0.2) is 0 Å². The molecule has 0 aromatic heterocycles. The van der Waals surface area contributed by atoms with Gasteiger partial charge in [0.2, 0.25) is 0 Å². The van der Waals surface area contributed by atoms with Gasteiger partial charge >= 0.3 is 0 Å². The van der Waals surface area contributed by atoms with Gasteiger partial charge in [-0.2, -0.15) is 0 Å². The van der Waals surface area contributed by atoms with Crippen molar-refractivity contribution in [3.63, 3.8) is 0 Å². The molecule has 4 heteroatoms. The van der Waals surface area contributed by atoms with Crippen LogP contribution in [0, 0.1) is 11.3 Å². The van der Waals surface area contributed by atoms with Gasteiger partial charge in [0.15, 0.2) is 6.29 Å². The Labute approximate surface area is 170 Å². The van der Waals surface area contributed by atoms with Crippen molar-refractivity contribution in [3.8, 4) is 0 Å². The molecule has 0 radical (unpaired) electrons. The van der Waals surface area contributed by atoms with E-state index < -0.39 is 0 Å². The van der Waals surface area contributed by atoms with Crippen LogP contribution >= 0.6 is 0 Å². The minimum absolute atomic E-state index is 0.0241. The maximum Gasteiger partial charge on any atom is 0.253 e. The third kappa shape index (κ3) is 6.59. The molecule has 1 aromatic carbocycles. The van der Waals surface area contributed by atoms with Crippen molar-refractivity contribution in [1.29, 1.82) is 0 Å². The zero-order valence-corrected chi connectivity index (χ0v) is 17.7. The van der Waals surface area contributed by atoms with E-state index in [0.29, 0.717) is 5.41 Å². The van der Waals surface area contributed by atoms with E-state index in [-0.39, 0.29) is 12.2 Å². The molecule has 0 spiro atoms. The minimum atomic E-state index is 0.0241. The molecule has 3 rings (SSSR count). The first-order valence-electron chi connectivity index (χ1n) is 11.1. The largest absolute Gasteiger partial charge is 0.353 e. The highest BCUT2D eigenvalue weighted by molar-refractivity contribution is 5.94. The van der Waals surface area contributed by atoms with Crippen molar-refractivity contribution in [3.05, 3.63) is 35.9 Å². The molecule has 2 aliphatic rings. The summed E-state index contributed by atoms with van der Waals surface area (Å²) in [7, 11) is 0. The molecule has 28 heavy (non-hydrogen) atoms. The number of carbonyl (C=O) groups excluding carboxylic acids is 1. The average molecular weight is 388 g/mol. The van der Waals surface area contributed by atoms with Crippen LogP contribution in [0.4, 0.5) is 0 Å². The normalized spacial score (nSPS) is 21.6. The molecule has 1 aromatic rings. The number of hydrogen-bond donors (Lipinski definition) is 0. The van der Waals surface area contributed by atoms with Gasteiger partial charge in [-0.15, -0.1) is 0 Å². The predicted molar refractivity (Wildman–Crippen MR) is 112 cm³/mol. The standard InChI is InChI=1S/C24H37NO3/c1-24(2,15-19-28-22-10-6-7-18-27-22)14-11-20-12-16-25(17-13-20)23(26)21-8-4-3-5-9-21/h3-5,8-9,20,22H,6-7,10-19H2,1-2H3. The molecule has 4 nitrogen and oxygen atoms in total. The molecular weight excluding hydrogens is 350 g/mol. The summed E-state index contributed by atoms with van der Waals surface area (Å²) in [4.78, 5) is 14.6. The number of hydrogen-bond acceptors (Lipinski definition) is 3. The number of rotatable bonds is 8. The summed E-state index contributed by atoms with van der Waals surface area (Å²) >= 11 is 0. The highest BCUT2D eigenvalue weighted by Gasteiger charge is 2.26.